The van der Waals surface area contributed by atoms with Gasteiger partial charge >= 0.3 is 0 Å². The van der Waals surface area contributed by atoms with Gasteiger partial charge in [0, 0.05) is 11.6 Å². The third kappa shape index (κ3) is 3.38. The number of amides is 1. The van der Waals surface area contributed by atoms with Gasteiger partial charge in [-0.1, -0.05) is 23.2 Å². The Balaban J connectivity index is 2.23. The highest BCUT2D eigenvalue weighted by Gasteiger charge is 2.06. The van der Waals surface area contributed by atoms with Crippen LogP contribution in [0.2, 0.25) is 10.0 Å². The number of nitrogens with one attached hydrogen (secondary N) is 1. The van der Waals surface area contributed by atoms with Crippen molar-refractivity contribution in [3.63, 3.8) is 0 Å². The van der Waals surface area contributed by atoms with Gasteiger partial charge in [-0.25, -0.2) is 5.84 Å². The molecule has 0 fully saturated rings. The molecule has 1 aromatic carbocycles. The third-order valence-electron chi connectivity index (χ3n) is 2.37. The van der Waals surface area contributed by atoms with Gasteiger partial charge in [-0.15, -0.1) is 0 Å². The van der Waals surface area contributed by atoms with Crippen molar-refractivity contribution in [2.45, 2.75) is 0 Å². The number of hydrogen-bond donors (Lipinski definition) is 2. The largest absolute Gasteiger partial charge is 0.457 e. The van der Waals surface area contributed by atoms with Gasteiger partial charge in [-0.05, 0) is 36.4 Å². The smallest absolute Gasteiger partial charge is 0.258 e. The normalized spacial score (nSPS) is 10.9. The van der Waals surface area contributed by atoms with Crippen molar-refractivity contribution in [3.8, 4) is 11.3 Å². The molecule has 0 aliphatic heterocycles. The Hall–Kier alpha value is -1.75. The van der Waals surface area contributed by atoms with Gasteiger partial charge in [0.2, 0.25) is 0 Å². The van der Waals surface area contributed by atoms with E-state index in [2.05, 4.69) is 0 Å². The molecule has 1 heterocycles. The van der Waals surface area contributed by atoms with Crippen LogP contribution >= 0.6 is 23.2 Å². The summed E-state index contributed by atoms with van der Waals surface area (Å²) < 4.78 is 5.55. The van der Waals surface area contributed by atoms with E-state index < -0.39 is 5.91 Å². The summed E-state index contributed by atoms with van der Waals surface area (Å²) in [5.41, 5.74) is 2.79. The third-order valence-corrected chi connectivity index (χ3v) is 3.11. The monoisotopic (exact) mass is 296 g/mol. The van der Waals surface area contributed by atoms with Crippen LogP contribution in [0.4, 0.5) is 0 Å². The van der Waals surface area contributed by atoms with E-state index in [4.69, 9.17) is 33.5 Å². The number of benzene rings is 1. The van der Waals surface area contributed by atoms with Crippen LogP contribution in [0, 0.1) is 0 Å². The lowest BCUT2D eigenvalue weighted by Gasteiger charge is -1.99. The molecule has 98 valence electrons. The van der Waals surface area contributed by atoms with Crippen molar-refractivity contribution in [1.82, 2.24) is 5.43 Å². The zero-order valence-electron chi connectivity index (χ0n) is 9.69. The van der Waals surface area contributed by atoms with E-state index in [1.165, 1.54) is 12.2 Å². The summed E-state index contributed by atoms with van der Waals surface area (Å²) in [4.78, 5) is 10.9. The number of hydrogen-bond acceptors (Lipinski definition) is 3. The van der Waals surface area contributed by atoms with E-state index in [0.29, 0.717) is 21.6 Å². The molecular formula is C13H10Cl2N2O2. The Bertz CT molecular complexity index is 635. The van der Waals surface area contributed by atoms with Crippen LogP contribution in [0.5, 0.6) is 0 Å². The lowest BCUT2D eigenvalue weighted by Crippen LogP contribution is -2.27. The van der Waals surface area contributed by atoms with E-state index >= 15 is 0 Å². The van der Waals surface area contributed by atoms with E-state index in [-0.39, 0.29) is 0 Å². The highest BCUT2D eigenvalue weighted by Crippen LogP contribution is 2.29. The second-order valence-corrected chi connectivity index (χ2v) is 4.49. The predicted molar refractivity (Wildman–Crippen MR) is 75.5 cm³/mol. The highest BCUT2D eigenvalue weighted by molar-refractivity contribution is 6.42. The van der Waals surface area contributed by atoms with E-state index in [1.807, 2.05) is 5.43 Å². The Morgan fingerprint density at radius 3 is 2.68 bits per heavy atom. The molecule has 0 saturated carbocycles. The first-order valence-corrected chi connectivity index (χ1v) is 6.09. The highest BCUT2D eigenvalue weighted by atomic mass is 35.5. The molecule has 0 spiro atoms. The number of rotatable bonds is 3. The molecule has 0 aliphatic rings. The van der Waals surface area contributed by atoms with Gasteiger partial charge in [-0.3, -0.25) is 10.2 Å². The van der Waals surface area contributed by atoms with Crippen LogP contribution in [0.25, 0.3) is 17.4 Å². The molecule has 0 saturated heterocycles. The number of carbonyl (C=O) groups excluding carboxylic acids is 1. The molecule has 0 radical (unpaired) electrons. The molecule has 6 heteroatoms. The van der Waals surface area contributed by atoms with Crippen LogP contribution in [0.3, 0.4) is 0 Å². The number of carbonyl (C=O) groups is 1. The molecule has 0 aliphatic carbocycles. The van der Waals surface area contributed by atoms with Crippen LogP contribution < -0.4 is 11.3 Å². The van der Waals surface area contributed by atoms with Crippen LogP contribution in [0.15, 0.2) is 40.8 Å². The van der Waals surface area contributed by atoms with Gasteiger partial charge in [0.15, 0.2) is 0 Å². The van der Waals surface area contributed by atoms with Crippen molar-refractivity contribution >= 4 is 35.2 Å². The molecule has 1 amide bonds. The summed E-state index contributed by atoms with van der Waals surface area (Å²) in [6.07, 6.45) is 2.79. The summed E-state index contributed by atoms with van der Waals surface area (Å²) >= 11 is 11.8. The quantitative estimate of drug-likeness (QED) is 0.395. The maximum atomic E-state index is 10.9. The van der Waals surface area contributed by atoms with Gasteiger partial charge in [-0.2, -0.15) is 0 Å². The molecule has 2 rings (SSSR count). The number of nitrogens with two attached hydrogens (primary N) is 1. The van der Waals surface area contributed by atoms with Crippen molar-refractivity contribution in [1.29, 1.82) is 0 Å². The summed E-state index contributed by atoms with van der Waals surface area (Å²) in [5, 5.41) is 0.937. The first-order valence-electron chi connectivity index (χ1n) is 5.34. The average molecular weight is 297 g/mol. The minimum Gasteiger partial charge on any atom is -0.457 e. The van der Waals surface area contributed by atoms with Crippen molar-refractivity contribution in [2.24, 2.45) is 5.84 Å². The summed E-state index contributed by atoms with van der Waals surface area (Å²) in [5.74, 6) is 5.71. The molecule has 4 nitrogen and oxygen atoms in total. The van der Waals surface area contributed by atoms with Crippen molar-refractivity contribution in [3.05, 3.63) is 52.2 Å². The molecule has 0 bridgehead atoms. The summed E-state index contributed by atoms with van der Waals surface area (Å²) in [7, 11) is 0. The van der Waals surface area contributed by atoms with Crippen LogP contribution in [-0.2, 0) is 4.79 Å². The molecule has 1 aromatic heterocycles. The Morgan fingerprint density at radius 1 is 1.21 bits per heavy atom. The molecule has 0 atom stereocenters. The number of halogens is 2. The summed E-state index contributed by atoms with van der Waals surface area (Å²) in [6.45, 7) is 0. The standard InChI is InChI=1S/C13H10Cl2N2O2/c14-10-4-1-8(7-11(10)15)12-5-2-9(19-12)3-6-13(18)17-16/h1-7H,16H2,(H,17,18)/b6-3+. The molecular weight excluding hydrogens is 287 g/mol. The first kappa shape index (κ1) is 13.7. The molecule has 19 heavy (non-hydrogen) atoms. The Labute approximate surface area is 119 Å². The zero-order chi connectivity index (χ0) is 13.8. The minimum absolute atomic E-state index is 0.410. The van der Waals surface area contributed by atoms with Gasteiger partial charge in [0.05, 0.1) is 10.0 Å². The first-order chi connectivity index (χ1) is 9.10. The minimum atomic E-state index is -0.410. The lowest BCUT2D eigenvalue weighted by molar-refractivity contribution is -0.116. The Morgan fingerprint density at radius 2 is 2.00 bits per heavy atom. The van der Waals surface area contributed by atoms with Crippen LogP contribution in [-0.4, -0.2) is 5.91 Å². The predicted octanol–water partition coefficient (Wildman–Crippen LogP) is 3.26. The lowest BCUT2D eigenvalue weighted by atomic mass is 10.2. The SMILES string of the molecule is NNC(=O)/C=C/c1ccc(-c2ccc(Cl)c(Cl)c2)o1. The van der Waals surface area contributed by atoms with Crippen LogP contribution in [0.1, 0.15) is 5.76 Å². The van der Waals surface area contributed by atoms with Gasteiger partial charge < -0.3 is 4.42 Å². The van der Waals surface area contributed by atoms with Gasteiger partial charge in [0.25, 0.3) is 5.91 Å². The van der Waals surface area contributed by atoms with E-state index in [0.717, 1.165) is 5.56 Å². The fraction of sp³-hybridized carbons (Fsp3) is 0. The molecule has 3 N–H and O–H groups in total. The average Bonchev–Trinajstić information content (AvgIpc) is 2.88. The molecule has 2 aromatic rings. The van der Waals surface area contributed by atoms with E-state index in [1.54, 1.807) is 30.3 Å². The Kier molecular flexibility index (Phi) is 4.27. The van der Waals surface area contributed by atoms with E-state index in [9.17, 15) is 4.79 Å². The maximum absolute atomic E-state index is 10.9. The number of furan rings is 1. The van der Waals surface area contributed by atoms with Crippen molar-refractivity contribution in [2.75, 3.05) is 0 Å². The summed E-state index contributed by atoms with van der Waals surface area (Å²) in [6, 6.07) is 8.72. The van der Waals surface area contributed by atoms with Gasteiger partial charge in [0.1, 0.15) is 11.5 Å². The number of hydrazine groups is 1. The second-order valence-electron chi connectivity index (χ2n) is 3.67. The second kappa shape index (κ2) is 5.93. The fourth-order valence-electron chi connectivity index (χ4n) is 1.45. The van der Waals surface area contributed by atoms with Crippen molar-refractivity contribution < 1.29 is 9.21 Å². The zero-order valence-corrected chi connectivity index (χ0v) is 11.2. The fourth-order valence-corrected chi connectivity index (χ4v) is 1.75. The molecule has 0 unspecified atom stereocenters. The topological polar surface area (TPSA) is 68.3 Å². The maximum Gasteiger partial charge on any atom is 0.258 e.